The molecule has 1 fully saturated rings. The van der Waals surface area contributed by atoms with E-state index in [9.17, 15) is 0 Å². The second kappa shape index (κ2) is 7.53. The van der Waals surface area contributed by atoms with Gasteiger partial charge in [-0.1, -0.05) is 77.8 Å². The van der Waals surface area contributed by atoms with Crippen LogP contribution in [0.3, 0.4) is 0 Å². The van der Waals surface area contributed by atoms with Crippen LogP contribution in [0.2, 0.25) is 10.0 Å². The van der Waals surface area contributed by atoms with Gasteiger partial charge in [0.1, 0.15) is 0 Å². The summed E-state index contributed by atoms with van der Waals surface area (Å²) in [4.78, 5) is 5.11. The summed E-state index contributed by atoms with van der Waals surface area (Å²) < 4.78 is 0. The van der Waals surface area contributed by atoms with Crippen molar-refractivity contribution in [3.63, 3.8) is 0 Å². The van der Waals surface area contributed by atoms with E-state index >= 15 is 0 Å². The molecule has 28 heavy (non-hydrogen) atoms. The van der Waals surface area contributed by atoms with Crippen LogP contribution >= 0.6 is 23.2 Å². The molecule has 0 saturated carbocycles. The smallest absolute Gasteiger partial charge is 0.0614 e. The van der Waals surface area contributed by atoms with Crippen molar-refractivity contribution in [2.45, 2.75) is 12.6 Å². The number of piperazine rings is 1. The highest BCUT2D eigenvalue weighted by Crippen LogP contribution is 2.46. The minimum atomic E-state index is 0.369. The molecule has 5 rings (SSSR count). The molecule has 3 aromatic rings. The summed E-state index contributed by atoms with van der Waals surface area (Å²) in [6.45, 7) is 5.07. The first-order valence-corrected chi connectivity index (χ1v) is 10.5. The summed E-state index contributed by atoms with van der Waals surface area (Å²) in [5, 5.41) is 1.45. The van der Waals surface area contributed by atoms with E-state index in [4.69, 9.17) is 23.2 Å². The molecule has 0 aromatic heterocycles. The van der Waals surface area contributed by atoms with Crippen LogP contribution in [0.4, 0.5) is 0 Å². The maximum Gasteiger partial charge on any atom is 0.0614 e. The van der Waals surface area contributed by atoms with E-state index in [0.717, 1.165) is 43.3 Å². The van der Waals surface area contributed by atoms with Crippen LogP contribution in [-0.4, -0.2) is 36.0 Å². The Morgan fingerprint density at radius 2 is 1.36 bits per heavy atom. The van der Waals surface area contributed by atoms with Crippen molar-refractivity contribution in [2.75, 3.05) is 26.2 Å². The van der Waals surface area contributed by atoms with Crippen molar-refractivity contribution in [1.82, 2.24) is 9.80 Å². The zero-order chi connectivity index (χ0) is 19.1. The average molecular weight is 409 g/mol. The van der Waals surface area contributed by atoms with Crippen molar-refractivity contribution in [1.29, 1.82) is 0 Å². The third-order valence-electron chi connectivity index (χ3n) is 5.98. The van der Waals surface area contributed by atoms with E-state index in [0.29, 0.717) is 11.1 Å². The van der Waals surface area contributed by atoms with Gasteiger partial charge in [0, 0.05) is 42.8 Å². The van der Waals surface area contributed by atoms with Crippen LogP contribution in [0.25, 0.3) is 11.1 Å². The fourth-order valence-corrected chi connectivity index (χ4v) is 5.06. The summed E-state index contributed by atoms with van der Waals surface area (Å²) >= 11 is 12.4. The molecule has 4 heteroatoms. The summed E-state index contributed by atoms with van der Waals surface area (Å²) in [5.74, 6) is 0. The highest BCUT2D eigenvalue weighted by atomic mass is 35.5. The summed E-state index contributed by atoms with van der Waals surface area (Å²) in [5.41, 5.74) is 6.81. The fourth-order valence-electron chi connectivity index (χ4n) is 4.59. The van der Waals surface area contributed by atoms with Gasteiger partial charge in [-0.05, 0) is 39.9 Å². The fraction of sp³-hybridized carbons (Fsp3) is 0.250. The highest BCUT2D eigenvalue weighted by molar-refractivity contribution is 6.35. The van der Waals surface area contributed by atoms with Crippen LogP contribution < -0.4 is 0 Å². The third kappa shape index (κ3) is 3.25. The highest BCUT2D eigenvalue weighted by Gasteiger charge is 2.34. The molecule has 0 N–H and O–H groups in total. The maximum absolute atomic E-state index is 6.37. The molecular formula is C24H22Cl2N2. The summed E-state index contributed by atoms with van der Waals surface area (Å²) in [7, 11) is 0. The monoisotopic (exact) mass is 408 g/mol. The lowest BCUT2D eigenvalue weighted by Crippen LogP contribution is -2.47. The molecule has 1 saturated heterocycles. The molecule has 3 aromatic carbocycles. The number of rotatable bonds is 3. The van der Waals surface area contributed by atoms with Gasteiger partial charge in [-0.25, -0.2) is 0 Å². The van der Waals surface area contributed by atoms with Crippen molar-refractivity contribution in [3.05, 3.63) is 93.5 Å². The van der Waals surface area contributed by atoms with Crippen LogP contribution in [0, 0.1) is 0 Å². The molecule has 0 bridgehead atoms. The van der Waals surface area contributed by atoms with Gasteiger partial charge in [-0.2, -0.15) is 0 Å². The summed E-state index contributed by atoms with van der Waals surface area (Å²) in [6.07, 6.45) is 0. The molecule has 0 spiro atoms. The second-order valence-electron chi connectivity index (χ2n) is 7.62. The van der Waals surface area contributed by atoms with Gasteiger partial charge in [0.15, 0.2) is 0 Å². The molecule has 2 aliphatic rings. The molecule has 0 atom stereocenters. The minimum absolute atomic E-state index is 0.369. The predicted molar refractivity (Wildman–Crippen MR) is 117 cm³/mol. The van der Waals surface area contributed by atoms with Gasteiger partial charge in [0.2, 0.25) is 0 Å². The molecule has 0 radical (unpaired) electrons. The molecule has 2 nitrogen and oxygen atoms in total. The quantitative estimate of drug-likeness (QED) is 0.533. The predicted octanol–water partition coefficient (Wildman–Crippen LogP) is 5.88. The van der Waals surface area contributed by atoms with Gasteiger partial charge in [0.05, 0.1) is 6.04 Å². The molecule has 1 aliphatic carbocycles. The number of hydrogen-bond donors (Lipinski definition) is 0. The SMILES string of the molecule is Clc1ccc(CN2CCN(C3c4ccccc4-c4ccccc43)CC2)c(Cl)c1. The van der Waals surface area contributed by atoms with Crippen LogP contribution in [0.15, 0.2) is 66.7 Å². The minimum Gasteiger partial charge on any atom is -0.296 e. The third-order valence-corrected chi connectivity index (χ3v) is 6.57. The van der Waals surface area contributed by atoms with Crippen LogP contribution in [-0.2, 0) is 6.54 Å². The zero-order valence-corrected chi connectivity index (χ0v) is 17.1. The lowest BCUT2D eigenvalue weighted by molar-refractivity contribution is 0.106. The van der Waals surface area contributed by atoms with Gasteiger partial charge in [0.25, 0.3) is 0 Å². The van der Waals surface area contributed by atoms with E-state index in [-0.39, 0.29) is 0 Å². The average Bonchev–Trinajstić information content (AvgIpc) is 3.05. The Hall–Kier alpha value is -1.84. The van der Waals surface area contributed by atoms with Gasteiger partial charge in [-0.3, -0.25) is 9.80 Å². The number of nitrogens with zero attached hydrogens (tertiary/aromatic N) is 2. The Labute approximate surface area is 176 Å². The molecule has 0 amide bonds. The van der Waals surface area contributed by atoms with Crippen molar-refractivity contribution in [2.24, 2.45) is 0 Å². The van der Waals surface area contributed by atoms with E-state index in [1.165, 1.54) is 22.3 Å². The standard InChI is InChI=1S/C24H22Cl2N2/c25-18-10-9-17(23(26)15-18)16-27-11-13-28(14-12-27)24-21-7-3-1-5-19(21)20-6-2-4-8-22(20)24/h1-10,15,24H,11-14,16H2. The Kier molecular flexibility index (Phi) is 4.90. The largest absolute Gasteiger partial charge is 0.296 e. The van der Waals surface area contributed by atoms with Crippen LogP contribution in [0.1, 0.15) is 22.7 Å². The van der Waals surface area contributed by atoms with Crippen molar-refractivity contribution < 1.29 is 0 Å². The van der Waals surface area contributed by atoms with Gasteiger partial charge < -0.3 is 0 Å². The number of hydrogen-bond acceptors (Lipinski definition) is 2. The zero-order valence-electron chi connectivity index (χ0n) is 15.6. The Bertz CT molecular complexity index is 963. The number of halogens is 2. The Morgan fingerprint density at radius 1 is 0.750 bits per heavy atom. The normalized spacial score (nSPS) is 17.5. The Morgan fingerprint density at radius 3 is 1.96 bits per heavy atom. The lowest BCUT2D eigenvalue weighted by Gasteiger charge is -2.38. The van der Waals surface area contributed by atoms with Gasteiger partial charge >= 0.3 is 0 Å². The maximum atomic E-state index is 6.37. The first-order chi connectivity index (χ1) is 13.7. The molecule has 0 unspecified atom stereocenters. The Balaban J connectivity index is 1.33. The van der Waals surface area contributed by atoms with E-state index < -0.39 is 0 Å². The number of fused-ring (bicyclic) bond motifs is 3. The molecule has 1 heterocycles. The topological polar surface area (TPSA) is 6.48 Å². The van der Waals surface area contributed by atoms with E-state index in [1.54, 1.807) is 0 Å². The first-order valence-electron chi connectivity index (χ1n) is 9.79. The van der Waals surface area contributed by atoms with Gasteiger partial charge in [-0.15, -0.1) is 0 Å². The van der Waals surface area contributed by atoms with E-state index in [1.807, 2.05) is 18.2 Å². The summed E-state index contributed by atoms with van der Waals surface area (Å²) in [6, 6.07) is 23.9. The first kappa shape index (κ1) is 18.2. The van der Waals surface area contributed by atoms with Crippen molar-refractivity contribution >= 4 is 23.2 Å². The second-order valence-corrected chi connectivity index (χ2v) is 8.47. The number of benzene rings is 3. The van der Waals surface area contributed by atoms with Crippen molar-refractivity contribution in [3.8, 4) is 11.1 Å². The molecular weight excluding hydrogens is 387 g/mol. The molecule has 1 aliphatic heterocycles. The van der Waals surface area contributed by atoms with E-state index in [2.05, 4.69) is 58.3 Å². The lowest BCUT2D eigenvalue weighted by atomic mass is 10.0. The molecule has 142 valence electrons. The van der Waals surface area contributed by atoms with Crippen LogP contribution in [0.5, 0.6) is 0 Å².